The van der Waals surface area contributed by atoms with Crippen LogP contribution in [0.4, 0.5) is 0 Å². The molecule has 0 radical (unpaired) electrons. The number of ether oxygens (including phenoxy) is 1. The molecule has 0 spiro atoms. The van der Waals surface area contributed by atoms with E-state index in [0.717, 1.165) is 36.6 Å². The molecule has 2 amide bonds. The Bertz CT molecular complexity index is 921. The highest BCUT2D eigenvalue weighted by Gasteiger charge is 2.32. The Morgan fingerprint density at radius 2 is 2.00 bits per heavy atom. The van der Waals surface area contributed by atoms with Crippen LogP contribution in [0, 0.1) is 11.8 Å². The second kappa shape index (κ2) is 9.13. The monoisotopic (exact) mass is 409 g/mol. The van der Waals surface area contributed by atoms with Gasteiger partial charge in [0, 0.05) is 24.4 Å². The number of benzene rings is 1. The van der Waals surface area contributed by atoms with Crippen LogP contribution >= 0.6 is 0 Å². The lowest BCUT2D eigenvalue weighted by atomic mass is 10.0. The van der Waals surface area contributed by atoms with Crippen molar-refractivity contribution in [1.82, 2.24) is 15.2 Å². The van der Waals surface area contributed by atoms with E-state index in [1.54, 1.807) is 0 Å². The van der Waals surface area contributed by atoms with Crippen molar-refractivity contribution in [2.24, 2.45) is 11.8 Å². The van der Waals surface area contributed by atoms with Gasteiger partial charge in [0.25, 0.3) is 5.91 Å². The summed E-state index contributed by atoms with van der Waals surface area (Å²) in [5, 5.41) is 3.84. The molecule has 160 valence electrons. The summed E-state index contributed by atoms with van der Waals surface area (Å²) in [6.07, 6.45) is 3.96. The van der Waals surface area contributed by atoms with E-state index in [1.807, 2.05) is 35.2 Å². The molecule has 1 N–H and O–H groups in total. The van der Waals surface area contributed by atoms with Gasteiger partial charge in [-0.05, 0) is 30.9 Å². The van der Waals surface area contributed by atoms with E-state index in [-0.39, 0.29) is 23.8 Å². The molecule has 1 aliphatic heterocycles. The number of nitrogens with zero attached hydrogens (tertiary/aromatic N) is 2. The van der Waals surface area contributed by atoms with Gasteiger partial charge in [0.2, 0.25) is 5.91 Å². The molecule has 1 saturated carbocycles. The highest BCUT2D eigenvalue weighted by atomic mass is 16.5. The molecular formula is C24H31N3O3. The van der Waals surface area contributed by atoms with E-state index < -0.39 is 0 Å². The van der Waals surface area contributed by atoms with Gasteiger partial charge in [0.15, 0.2) is 0 Å². The Hall–Kier alpha value is -2.47. The summed E-state index contributed by atoms with van der Waals surface area (Å²) >= 11 is 0. The number of fused-ring (bicyclic) bond motifs is 1. The summed E-state index contributed by atoms with van der Waals surface area (Å²) in [5.74, 6) is 0.679. The van der Waals surface area contributed by atoms with Crippen molar-refractivity contribution < 1.29 is 14.3 Å². The van der Waals surface area contributed by atoms with Crippen LogP contribution < -0.4 is 5.32 Å². The van der Waals surface area contributed by atoms with Crippen LogP contribution in [0.5, 0.6) is 0 Å². The molecule has 6 heteroatoms. The fraction of sp³-hybridized carbons (Fsp3) is 0.542. The number of carbonyl (C=O) groups is 2. The lowest BCUT2D eigenvalue weighted by molar-refractivity contribution is -0.143. The first kappa shape index (κ1) is 20.8. The molecule has 0 bridgehead atoms. The van der Waals surface area contributed by atoms with Crippen molar-refractivity contribution in [2.75, 3.05) is 26.2 Å². The van der Waals surface area contributed by atoms with Crippen molar-refractivity contribution in [3.8, 4) is 0 Å². The standard InChI is InChI=1S/C24H31N3O3/c1-16(2)14-25-23(28)19-13-21(26-20-10-6-5-9-18(19)20)22-15-27(11-12-30-22)24(29)17-7-3-4-8-17/h5-6,9-10,13,16-17,22H,3-4,7-8,11-12,14-15H2,1-2H3,(H,25,28)/t22-/m1/s1. The van der Waals surface area contributed by atoms with Crippen LogP contribution in [0.3, 0.4) is 0 Å². The molecule has 1 aromatic heterocycles. The van der Waals surface area contributed by atoms with Gasteiger partial charge in [0.05, 0.1) is 29.9 Å². The lowest BCUT2D eigenvalue weighted by Gasteiger charge is -2.34. The predicted molar refractivity (Wildman–Crippen MR) is 116 cm³/mol. The number of pyridine rings is 1. The quantitative estimate of drug-likeness (QED) is 0.817. The molecule has 1 aromatic carbocycles. The van der Waals surface area contributed by atoms with E-state index in [0.29, 0.717) is 43.4 Å². The number of hydrogen-bond acceptors (Lipinski definition) is 4. The summed E-state index contributed by atoms with van der Waals surface area (Å²) in [4.78, 5) is 32.5. The third-order valence-corrected chi connectivity index (χ3v) is 6.06. The fourth-order valence-electron chi connectivity index (χ4n) is 4.40. The van der Waals surface area contributed by atoms with E-state index in [2.05, 4.69) is 19.2 Å². The molecule has 1 aliphatic carbocycles. The molecule has 0 unspecified atom stereocenters. The zero-order valence-electron chi connectivity index (χ0n) is 17.9. The van der Waals surface area contributed by atoms with Crippen molar-refractivity contribution in [2.45, 2.75) is 45.6 Å². The number of amides is 2. The highest BCUT2D eigenvalue weighted by Crippen LogP contribution is 2.30. The largest absolute Gasteiger partial charge is 0.368 e. The second-order valence-corrected chi connectivity index (χ2v) is 8.84. The molecule has 4 rings (SSSR count). The van der Waals surface area contributed by atoms with Gasteiger partial charge in [-0.15, -0.1) is 0 Å². The zero-order chi connectivity index (χ0) is 21.1. The number of para-hydroxylation sites is 1. The first-order chi connectivity index (χ1) is 14.5. The van der Waals surface area contributed by atoms with Gasteiger partial charge in [-0.3, -0.25) is 9.59 Å². The first-order valence-electron chi connectivity index (χ1n) is 11.1. The second-order valence-electron chi connectivity index (χ2n) is 8.84. The van der Waals surface area contributed by atoms with Crippen LogP contribution in [-0.2, 0) is 9.53 Å². The zero-order valence-corrected chi connectivity index (χ0v) is 17.9. The third-order valence-electron chi connectivity index (χ3n) is 6.06. The van der Waals surface area contributed by atoms with Crippen LogP contribution in [0.1, 0.15) is 61.7 Å². The summed E-state index contributed by atoms with van der Waals surface area (Å²) in [7, 11) is 0. The number of hydrogen-bond donors (Lipinski definition) is 1. The molecule has 6 nitrogen and oxygen atoms in total. The topological polar surface area (TPSA) is 71.5 Å². The summed E-state index contributed by atoms with van der Waals surface area (Å²) < 4.78 is 6.00. The third kappa shape index (κ3) is 4.48. The SMILES string of the molecule is CC(C)CNC(=O)c1cc([C@H]2CN(C(=O)C3CCCC3)CCO2)nc2ccccc12. The average molecular weight is 410 g/mol. The fourth-order valence-corrected chi connectivity index (χ4v) is 4.40. The van der Waals surface area contributed by atoms with Crippen molar-refractivity contribution in [3.05, 3.63) is 41.6 Å². The Morgan fingerprint density at radius 1 is 1.23 bits per heavy atom. The van der Waals surface area contributed by atoms with Crippen molar-refractivity contribution >= 4 is 22.7 Å². The van der Waals surface area contributed by atoms with E-state index in [9.17, 15) is 9.59 Å². The van der Waals surface area contributed by atoms with Gasteiger partial charge in [0.1, 0.15) is 6.10 Å². The van der Waals surface area contributed by atoms with Crippen molar-refractivity contribution in [1.29, 1.82) is 0 Å². The molecule has 1 saturated heterocycles. The van der Waals surface area contributed by atoms with Gasteiger partial charge < -0.3 is 15.0 Å². The minimum Gasteiger partial charge on any atom is -0.368 e. The first-order valence-corrected chi connectivity index (χ1v) is 11.1. The van der Waals surface area contributed by atoms with Gasteiger partial charge >= 0.3 is 0 Å². The van der Waals surface area contributed by atoms with Crippen LogP contribution in [-0.4, -0.2) is 47.9 Å². The van der Waals surface area contributed by atoms with Gasteiger partial charge in [-0.1, -0.05) is 44.9 Å². The predicted octanol–water partition coefficient (Wildman–Crippen LogP) is 3.71. The van der Waals surface area contributed by atoms with Crippen LogP contribution in [0.2, 0.25) is 0 Å². The minimum absolute atomic E-state index is 0.0988. The van der Waals surface area contributed by atoms with E-state index in [4.69, 9.17) is 9.72 Å². The number of carbonyl (C=O) groups excluding carboxylic acids is 2. The van der Waals surface area contributed by atoms with Crippen LogP contribution in [0.15, 0.2) is 30.3 Å². The minimum atomic E-state index is -0.314. The number of morpholine rings is 1. The number of nitrogens with one attached hydrogen (secondary N) is 1. The van der Waals surface area contributed by atoms with Gasteiger partial charge in [-0.2, -0.15) is 0 Å². The molecular weight excluding hydrogens is 378 g/mol. The Balaban J connectivity index is 1.60. The maximum atomic E-state index is 12.9. The van der Waals surface area contributed by atoms with Crippen LogP contribution in [0.25, 0.3) is 10.9 Å². The van der Waals surface area contributed by atoms with E-state index >= 15 is 0 Å². The molecule has 2 heterocycles. The molecule has 30 heavy (non-hydrogen) atoms. The Morgan fingerprint density at radius 3 is 2.77 bits per heavy atom. The summed E-state index contributed by atoms with van der Waals surface area (Å²) in [5.41, 5.74) is 2.10. The maximum Gasteiger partial charge on any atom is 0.252 e. The smallest absolute Gasteiger partial charge is 0.252 e. The highest BCUT2D eigenvalue weighted by molar-refractivity contribution is 6.06. The van der Waals surface area contributed by atoms with E-state index in [1.165, 1.54) is 0 Å². The lowest BCUT2D eigenvalue weighted by Crippen LogP contribution is -2.44. The molecule has 2 aliphatic rings. The normalized spacial score (nSPS) is 20.1. The molecule has 2 aromatic rings. The van der Waals surface area contributed by atoms with Crippen molar-refractivity contribution in [3.63, 3.8) is 0 Å². The summed E-state index contributed by atoms with van der Waals surface area (Å²) in [6.45, 7) is 6.38. The Labute approximate surface area is 178 Å². The number of aromatic nitrogens is 1. The number of rotatable bonds is 5. The average Bonchev–Trinajstić information content (AvgIpc) is 3.31. The maximum absolute atomic E-state index is 12.9. The molecule has 1 atom stereocenters. The summed E-state index contributed by atoms with van der Waals surface area (Å²) in [6, 6.07) is 9.52. The Kier molecular flexibility index (Phi) is 6.32. The van der Waals surface area contributed by atoms with Gasteiger partial charge in [-0.25, -0.2) is 4.98 Å². The molecule has 2 fully saturated rings.